The van der Waals surface area contributed by atoms with Crippen LogP contribution in [0.2, 0.25) is 0 Å². The molecular formula is C23H14F2N4. The number of hydrogen-bond acceptors (Lipinski definition) is 4. The van der Waals surface area contributed by atoms with Gasteiger partial charge in [-0.3, -0.25) is 0 Å². The van der Waals surface area contributed by atoms with E-state index < -0.39 is 28.9 Å². The molecule has 0 spiro atoms. The van der Waals surface area contributed by atoms with E-state index in [0.717, 1.165) is 0 Å². The Bertz CT molecular complexity index is 1030. The van der Waals surface area contributed by atoms with Crippen LogP contribution in [-0.4, -0.2) is 0 Å². The minimum absolute atomic E-state index is 0.0614. The first kappa shape index (κ1) is 19.8. The van der Waals surface area contributed by atoms with Crippen LogP contribution in [-0.2, 0) is 0 Å². The highest BCUT2D eigenvalue weighted by Gasteiger charge is 2.52. The predicted octanol–water partition coefficient (Wildman–Crippen LogP) is 5.00. The van der Waals surface area contributed by atoms with Crippen molar-refractivity contribution in [3.05, 3.63) is 82.4 Å². The summed E-state index contributed by atoms with van der Waals surface area (Å²) < 4.78 is 26.9. The highest BCUT2D eigenvalue weighted by atomic mass is 19.1. The summed E-state index contributed by atoms with van der Waals surface area (Å²) in [6.45, 7) is 0. The molecule has 2 atom stereocenters. The lowest BCUT2D eigenvalue weighted by Crippen LogP contribution is -2.37. The minimum atomic E-state index is -1.53. The summed E-state index contributed by atoms with van der Waals surface area (Å²) in [6, 6.07) is 19.1. The monoisotopic (exact) mass is 384 g/mol. The van der Waals surface area contributed by atoms with E-state index >= 15 is 0 Å². The Morgan fingerprint density at radius 3 is 1.41 bits per heavy atom. The molecule has 2 aromatic rings. The van der Waals surface area contributed by atoms with E-state index in [1.807, 2.05) is 12.1 Å². The molecule has 0 aromatic heterocycles. The number of hydrogen-bond donors (Lipinski definition) is 0. The fraction of sp³-hybridized carbons (Fsp3) is 0.217. The third-order valence-corrected chi connectivity index (χ3v) is 5.49. The molecule has 4 nitrogen and oxygen atoms in total. The molecule has 140 valence electrons. The van der Waals surface area contributed by atoms with Crippen molar-refractivity contribution in [2.45, 2.75) is 24.7 Å². The summed E-state index contributed by atoms with van der Waals surface area (Å²) >= 11 is 0. The SMILES string of the molecule is N#CC(C#N)=C1C[C@H](c2ccc(F)cc2)C(C#N)(C#N)[C@H](c2ccc(F)cc2)C1. The zero-order chi connectivity index (χ0) is 21.0. The van der Waals surface area contributed by atoms with Crippen LogP contribution in [0.25, 0.3) is 0 Å². The molecule has 1 aliphatic carbocycles. The number of nitriles is 4. The Balaban J connectivity index is 2.26. The van der Waals surface area contributed by atoms with E-state index in [9.17, 15) is 29.8 Å². The zero-order valence-electron chi connectivity index (χ0n) is 15.2. The van der Waals surface area contributed by atoms with Gasteiger partial charge in [-0.2, -0.15) is 21.0 Å². The molecule has 0 saturated heterocycles. The van der Waals surface area contributed by atoms with Crippen LogP contribution in [0.5, 0.6) is 0 Å². The predicted molar refractivity (Wildman–Crippen MR) is 99.4 cm³/mol. The molecule has 1 aliphatic rings. The molecule has 1 saturated carbocycles. The topological polar surface area (TPSA) is 95.2 Å². The van der Waals surface area contributed by atoms with Gasteiger partial charge >= 0.3 is 0 Å². The summed E-state index contributed by atoms with van der Waals surface area (Å²) in [4.78, 5) is 0. The van der Waals surface area contributed by atoms with Crippen molar-refractivity contribution < 1.29 is 8.78 Å². The van der Waals surface area contributed by atoms with Crippen LogP contribution in [0, 0.1) is 62.4 Å². The fourth-order valence-corrected chi connectivity index (χ4v) is 4.02. The second-order valence-corrected chi connectivity index (χ2v) is 6.91. The highest BCUT2D eigenvalue weighted by Crippen LogP contribution is 2.56. The largest absolute Gasteiger partial charge is 0.207 e. The lowest BCUT2D eigenvalue weighted by atomic mass is 9.56. The first-order valence-electron chi connectivity index (χ1n) is 8.84. The van der Waals surface area contributed by atoms with E-state index in [-0.39, 0.29) is 18.4 Å². The maximum atomic E-state index is 13.4. The van der Waals surface area contributed by atoms with Gasteiger partial charge in [0.15, 0.2) is 5.41 Å². The summed E-state index contributed by atoms with van der Waals surface area (Å²) in [7, 11) is 0. The fourth-order valence-electron chi connectivity index (χ4n) is 4.02. The molecule has 0 heterocycles. The molecule has 0 N–H and O–H groups in total. The summed E-state index contributed by atoms with van der Waals surface area (Å²) in [5.74, 6) is -2.28. The lowest BCUT2D eigenvalue weighted by Gasteiger charge is -2.42. The Morgan fingerprint density at radius 1 is 0.724 bits per heavy atom. The van der Waals surface area contributed by atoms with Crippen molar-refractivity contribution in [3.63, 3.8) is 0 Å². The second kappa shape index (κ2) is 7.93. The first-order chi connectivity index (χ1) is 14.0. The van der Waals surface area contributed by atoms with Gasteiger partial charge in [0.05, 0.1) is 12.1 Å². The lowest BCUT2D eigenvalue weighted by molar-refractivity contribution is 0.288. The van der Waals surface area contributed by atoms with Gasteiger partial charge < -0.3 is 0 Å². The van der Waals surface area contributed by atoms with Gasteiger partial charge in [-0.15, -0.1) is 0 Å². The Hall–Kier alpha value is -4.00. The normalized spacial score (nSPS) is 19.9. The average molecular weight is 384 g/mol. The molecule has 0 aliphatic heterocycles. The number of halogens is 2. The maximum Gasteiger partial charge on any atom is 0.158 e. The molecule has 29 heavy (non-hydrogen) atoms. The van der Waals surface area contributed by atoms with Gasteiger partial charge in [-0.25, -0.2) is 8.78 Å². The number of allylic oxidation sites excluding steroid dienone is 2. The standard InChI is InChI=1S/C23H14F2N4/c24-19-5-1-15(2-6-19)21-9-17(18(11-26)12-27)10-22(23(21,13-28)14-29)16-3-7-20(25)8-4-16/h1-8,21-22H,9-10H2/t21-,22+. The van der Waals surface area contributed by atoms with Gasteiger partial charge in [0, 0.05) is 11.8 Å². The third-order valence-electron chi connectivity index (χ3n) is 5.49. The van der Waals surface area contributed by atoms with Crippen molar-refractivity contribution in [2.75, 3.05) is 0 Å². The van der Waals surface area contributed by atoms with Gasteiger partial charge in [-0.1, -0.05) is 24.3 Å². The van der Waals surface area contributed by atoms with Crippen LogP contribution in [0.15, 0.2) is 59.7 Å². The van der Waals surface area contributed by atoms with E-state index in [0.29, 0.717) is 16.7 Å². The van der Waals surface area contributed by atoms with Crippen LogP contribution in [0.1, 0.15) is 35.8 Å². The summed E-state index contributed by atoms with van der Waals surface area (Å²) in [6.07, 6.45) is 0.307. The van der Waals surface area contributed by atoms with E-state index in [1.165, 1.54) is 48.5 Å². The smallest absolute Gasteiger partial charge is 0.158 e. The van der Waals surface area contributed by atoms with Gasteiger partial charge in [0.25, 0.3) is 0 Å². The molecule has 1 fully saturated rings. The van der Waals surface area contributed by atoms with E-state index in [4.69, 9.17) is 0 Å². The average Bonchev–Trinajstić information content (AvgIpc) is 2.75. The van der Waals surface area contributed by atoms with Crippen LogP contribution in [0.3, 0.4) is 0 Å². The van der Waals surface area contributed by atoms with Crippen LogP contribution < -0.4 is 0 Å². The van der Waals surface area contributed by atoms with Crippen molar-refractivity contribution >= 4 is 0 Å². The zero-order valence-corrected chi connectivity index (χ0v) is 15.2. The van der Waals surface area contributed by atoms with Crippen LogP contribution >= 0.6 is 0 Å². The quantitative estimate of drug-likeness (QED) is 0.681. The molecular weight excluding hydrogens is 370 g/mol. The maximum absolute atomic E-state index is 13.4. The van der Waals surface area contributed by atoms with E-state index in [1.54, 1.807) is 0 Å². The van der Waals surface area contributed by atoms with Crippen molar-refractivity contribution in [1.82, 2.24) is 0 Å². The van der Waals surface area contributed by atoms with Gasteiger partial charge in [0.2, 0.25) is 0 Å². The van der Waals surface area contributed by atoms with Crippen molar-refractivity contribution in [3.8, 4) is 24.3 Å². The molecule has 0 amide bonds. The molecule has 0 bridgehead atoms. The molecule has 2 aromatic carbocycles. The molecule has 3 rings (SSSR count). The summed E-state index contributed by atoms with van der Waals surface area (Å²) in [5, 5.41) is 38.9. The minimum Gasteiger partial charge on any atom is -0.207 e. The number of benzene rings is 2. The third kappa shape index (κ3) is 3.45. The first-order valence-corrected chi connectivity index (χ1v) is 8.84. The van der Waals surface area contributed by atoms with Gasteiger partial charge in [0.1, 0.15) is 29.3 Å². The number of rotatable bonds is 2. The Kier molecular flexibility index (Phi) is 5.40. The Labute approximate surface area is 167 Å². The Morgan fingerprint density at radius 2 is 1.10 bits per heavy atom. The number of nitrogens with zero attached hydrogens (tertiary/aromatic N) is 4. The molecule has 6 heteroatoms. The highest BCUT2D eigenvalue weighted by molar-refractivity contribution is 5.48. The molecule has 0 unspecified atom stereocenters. The summed E-state index contributed by atoms with van der Waals surface area (Å²) in [5.41, 5.74) is 0.0615. The van der Waals surface area contributed by atoms with E-state index in [2.05, 4.69) is 12.1 Å². The van der Waals surface area contributed by atoms with Crippen molar-refractivity contribution in [2.24, 2.45) is 5.41 Å². The van der Waals surface area contributed by atoms with Crippen LogP contribution in [0.4, 0.5) is 8.78 Å². The van der Waals surface area contributed by atoms with Gasteiger partial charge in [-0.05, 0) is 53.8 Å². The van der Waals surface area contributed by atoms with Crippen molar-refractivity contribution in [1.29, 1.82) is 21.0 Å². The molecule has 0 radical (unpaired) electrons. The second-order valence-electron chi connectivity index (χ2n) is 6.91.